The first-order valence-corrected chi connectivity index (χ1v) is 7.62. The Balaban J connectivity index is 1.78. The van der Waals surface area contributed by atoms with Gasteiger partial charge in [0.25, 0.3) is 0 Å². The van der Waals surface area contributed by atoms with Crippen molar-refractivity contribution in [3.05, 3.63) is 16.7 Å². The van der Waals surface area contributed by atoms with Gasteiger partial charge in [0.1, 0.15) is 0 Å². The number of hydrogen-bond donors (Lipinski definition) is 0. The van der Waals surface area contributed by atoms with Crippen molar-refractivity contribution in [2.45, 2.75) is 37.8 Å². The Kier molecular flexibility index (Phi) is 2.21. The number of halogens is 1. The molecule has 0 N–H and O–H groups in total. The van der Waals surface area contributed by atoms with Gasteiger partial charge < -0.3 is 4.90 Å². The molecule has 0 aromatic carbocycles. The molecule has 4 rings (SSSR count). The van der Waals surface area contributed by atoms with Crippen LogP contribution in [0.5, 0.6) is 0 Å². The zero-order valence-electron chi connectivity index (χ0n) is 9.27. The van der Waals surface area contributed by atoms with Crippen LogP contribution in [-0.2, 0) is 0 Å². The number of anilines is 1. The van der Waals surface area contributed by atoms with E-state index in [0.717, 1.165) is 22.2 Å². The molecule has 2 heterocycles. The summed E-state index contributed by atoms with van der Waals surface area (Å²) < 4.78 is 2.21. The molecule has 0 amide bonds. The van der Waals surface area contributed by atoms with E-state index in [1.807, 2.05) is 6.20 Å². The van der Waals surface area contributed by atoms with Crippen molar-refractivity contribution in [2.24, 2.45) is 0 Å². The molecule has 2 aliphatic carbocycles. The standard InChI is InChI=1S/C12H12BrN3S/c13-7-5-10-11(14-6-7)15-12(17-10)16(8-1-2-8)9-3-4-9/h5-6,8-9H,1-4H2. The van der Waals surface area contributed by atoms with Crippen LogP contribution in [0.15, 0.2) is 16.7 Å². The summed E-state index contributed by atoms with van der Waals surface area (Å²) in [5.41, 5.74) is 0.888. The van der Waals surface area contributed by atoms with E-state index in [0.29, 0.717) is 0 Å². The minimum Gasteiger partial charge on any atom is -0.342 e. The SMILES string of the molecule is Brc1cnc2nc(N(C3CC3)C3CC3)sc2c1. The Labute approximate surface area is 112 Å². The molecule has 2 fully saturated rings. The highest BCUT2D eigenvalue weighted by atomic mass is 79.9. The van der Waals surface area contributed by atoms with Gasteiger partial charge in [-0.2, -0.15) is 4.98 Å². The number of fused-ring (bicyclic) bond motifs is 1. The lowest BCUT2D eigenvalue weighted by Gasteiger charge is -2.20. The third kappa shape index (κ3) is 1.85. The van der Waals surface area contributed by atoms with Crippen molar-refractivity contribution in [3.63, 3.8) is 0 Å². The normalized spacial score (nSPS) is 19.8. The van der Waals surface area contributed by atoms with E-state index in [-0.39, 0.29) is 0 Å². The summed E-state index contributed by atoms with van der Waals surface area (Å²) in [7, 11) is 0. The summed E-state index contributed by atoms with van der Waals surface area (Å²) >= 11 is 5.24. The Morgan fingerprint density at radius 3 is 2.59 bits per heavy atom. The third-order valence-electron chi connectivity index (χ3n) is 3.30. The molecule has 0 aliphatic heterocycles. The molecule has 0 unspecified atom stereocenters. The molecule has 2 aromatic rings. The predicted octanol–water partition coefficient (Wildman–Crippen LogP) is 3.59. The van der Waals surface area contributed by atoms with Crippen LogP contribution in [0.1, 0.15) is 25.7 Å². The smallest absolute Gasteiger partial charge is 0.188 e. The Hall–Kier alpha value is -0.680. The Morgan fingerprint density at radius 1 is 1.24 bits per heavy atom. The molecule has 0 bridgehead atoms. The molecule has 3 nitrogen and oxygen atoms in total. The van der Waals surface area contributed by atoms with Crippen LogP contribution in [-0.4, -0.2) is 22.1 Å². The second-order valence-corrected chi connectivity index (χ2v) is 6.77. The number of thiazole rings is 1. The van der Waals surface area contributed by atoms with E-state index in [1.165, 1.54) is 35.5 Å². The van der Waals surface area contributed by atoms with Crippen molar-refractivity contribution in [1.82, 2.24) is 9.97 Å². The van der Waals surface area contributed by atoms with Gasteiger partial charge in [0.05, 0.1) is 4.70 Å². The van der Waals surface area contributed by atoms with Gasteiger partial charge in [-0.15, -0.1) is 0 Å². The number of pyridine rings is 1. The highest BCUT2D eigenvalue weighted by Gasteiger charge is 2.40. The van der Waals surface area contributed by atoms with E-state index < -0.39 is 0 Å². The van der Waals surface area contributed by atoms with Crippen LogP contribution in [0.4, 0.5) is 5.13 Å². The average molecular weight is 310 g/mol. The van der Waals surface area contributed by atoms with Crippen LogP contribution in [0.3, 0.4) is 0 Å². The van der Waals surface area contributed by atoms with Gasteiger partial charge in [0.15, 0.2) is 10.8 Å². The minimum atomic E-state index is 0.756. The van der Waals surface area contributed by atoms with E-state index in [2.05, 4.69) is 36.9 Å². The van der Waals surface area contributed by atoms with Gasteiger partial charge in [-0.25, -0.2) is 4.98 Å². The van der Waals surface area contributed by atoms with Gasteiger partial charge in [-0.1, -0.05) is 11.3 Å². The maximum absolute atomic E-state index is 4.69. The van der Waals surface area contributed by atoms with Crippen molar-refractivity contribution in [3.8, 4) is 0 Å². The lowest BCUT2D eigenvalue weighted by atomic mass is 10.5. The van der Waals surface area contributed by atoms with Crippen LogP contribution in [0.2, 0.25) is 0 Å². The van der Waals surface area contributed by atoms with Crippen molar-refractivity contribution in [2.75, 3.05) is 4.90 Å². The van der Waals surface area contributed by atoms with Gasteiger partial charge >= 0.3 is 0 Å². The third-order valence-corrected chi connectivity index (χ3v) is 4.74. The summed E-state index contributed by atoms with van der Waals surface area (Å²) in [6, 6.07) is 3.62. The summed E-state index contributed by atoms with van der Waals surface area (Å²) in [4.78, 5) is 11.6. The number of rotatable bonds is 3. The molecule has 2 aliphatic rings. The first-order chi connectivity index (χ1) is 8.31. The maximum atomic E-state index is 4.69. The predicted molar refractivity (Wildman–Crippen MR) is 73.6 cm³/mol. The van der Waals surface area contributed by atoms with Gasteiger partial charge in [0, 0.05) is 22.8 Å². The minimum absolute atomic E-state index is 0.756. The van der Waals surface area contributed by atoms with E-state index >= 15 is 0 Å². The second-order valence-electron chi connectivity index (χ2n) is 4.84. The lowest BCUT2D eigenvalue weighted by molar-refractivity contribution is 0.785. The zero-order chi connectivity index (χ0) is 11.4. The van der Waals surface area contributed by atoms with Gasteiger partial charge in [-0.05, 0) is 47.7 Å². The average Bonchev–Trinajstić information content (AvgIpc) is 3.19. The lowest BCUT2D eigenvalue weighted by Crippen LogP contribution is -2.27. The van der Waals surface area contributed by atoms with E-state index in [4.69, 9.17) is 0 Å². The molecular formula is C12H12BrN3S. The first-order valence-electron chi connectivity index (χ1n) is 6.02. The summed E-state index contributed by atoms with van der Waals surface area (Å²) in [5, 5.41) is 1.18. The fraction of sp³-hybridized carbons (Fsp3) is 0.500. The summed E-state index contributed by atoms with van der Waals surface area (Å²) in [6.45, 7) is 0. The molecule has 0 spiro atoms. The largest absolute Gasteiger partial charge is 0.342 e. The first kappa shape index (κ1) is 10.3. The van der Waals surface area contributed by atoms with Crippen LogP contribution < -0.4 is 4.90 Å². The molecule has 17 heavy (non-hydrogen) atoms. The number of hydrogen-bond acceptors (Lipinski definition) is 4. The van der Waals surface area contributed by atoms with Crippen molar-refractivity contribution < 1.29 is 0 Å². The fourth-order valence-electron chi connectivity index (χ4n) is 2.21. The molecule has 88 valence electrons. The second kappa shape index (κ2) is 3.65. The fourth-order valence-corrected chi connectivity index (χ4v) is 3.80. The summed E-state index contributed by atoms with van der Waals surface area (Å²) in [6.07, 6.45) is 7.17. The molecule has 0 atom stereocenters. The zero-order valence-corrected chi connectivity index (χ0v) is 11.7. The molecular weight excluding hydrogens is 298 g/mol. The topological polar surface area (TPSA) is 29.0 Å². The van der Waals surface area contributed by atoms with Crippen LogP contribution >= 0.6 is 27.3 Å². The Morgan fingerprint density at radius 2 is 1.94 bits per heavy atom. The Bertz CT molecular complexity index is 562. The van der Waals surface area contributed by atoms with Crippen molar-refractivity contribution in [1.29, 1.82) is 0 Å². The molecule has 2 saturated carbocycles. The monoisotopic (exact) mass is 309 g/mol. The van der Waals surface area contributed by atoms with E-state index in [1.54, 1.807) is 11.3 Å². The molecule has 2 aromatic heterocycles. The highest BCUT2D eigenvalue weighted by Crippen LogP contribution is 2.43. The van der Waals surface area contributed by atoms with Crippen LogP contribution in [0, 0.1) is 0 Å². The maximum Gasteiger partial charge on any atom is 0.188 e. The van der Waals surface area contributed by atoms with E-state index in [9.17, 15) is 0 Å². The van der Waals surface area contributed by atoms with Gasteiger partial charge in [-0.3, -0.25) is 0 Å². The highest BCUT2D eigenvalue weighted by molar-refractivity contribution is 9.10. The molecule has 5 heteroatoms. The quantitative estimate of drug-likeness (QED) is 0.867. The van der Waals surface area contributed by atoms with Crippen LogP contribution in [0.25, 0.3) is 10.3 Å². The number of aromatic nitrogens is 2. The molecule has 0 radical (unpaired) electrons. The molecule has 0 saturated heterocycles. The number of nitrogens with zero attached hydrogens (tertiary/aromatic N) is 3. The van der Waals surface area contributed by atoms with Crippen molar-refractivity contribution >= 4 is 42.7 Å². The summed E-state index contributed by atoms with van der Waals surface area (Å²) in [5.74, 6) is 0. The van der Waals surface area contributed by atoms with Gasteiger partial charge in [0.2, 0.25) is 0 Å².